The SMILES string of the molecule is [NH]C(=O)NC(=O)c1ccc(Cl)cc1Cl. The molecule has 0 aliphatic rings. The molecule has 0 atom stereocenters. The van der Waals surface area contributed by atoms with Crippen molar-refractivity contribution < 1.29 is 9.59 Å². The number of carbonyl (C=O) groups is 2. The van der Waals surface area contributed by atoms with Crippen molar-refractivity contribution in [2.75, 3.05) is 0 Å². The molecule has 0 aliphatic heterocycles. The Morgan fingerprint density at radius 1 is 1.29 bits per heavy atom. The summed E-state index contributed by atoms with van der Waals surface area (Å²) < 4.78 is 0. The van der Waals surface area contributed by atoms with Gasteiger partial charge >= 0.3 is 6.03 Å². The summed E-state index contributed by atoms with van der Waals surface area (Å²) in [5.41, 5.74) is 6.64. The predicted molar refractivity (Wildman–Crippen MR) is 52.4 cm³/mol. The second-order valence-corrected chi connectivity index (χ2v) is 3.25. The predicted octanol–water partition coefficient (Wildman–Crippen LogP) is 2.13. The van der Waals surface area contributed by atoms with E-state index in [-0.39, 0.29) is 10.6 Å². The molecule has 3 amide bonds. The molecule has 1 aromatic rings. The second kappa shape index (κ2) is 4.30. The Morgan fingerprint density at radius 2 is 1.93 bits per heavy atom. The van der Waals surface area contributed by atoms with Gasteiger partial charge in [-0.3, -0.25) is 10.1 Å². The van der Waals surface area contributed by atoms with E-state index in [1.165, 1.54) is 18.2 Å². The van der Waals surface area contributed by atoms with Crippen LogP contribution in [0.15, 0.2) is 18.2 Å². The van der Waals surface area contributed by atoms with Gasteiger partial charge in [0.15, 0.2) is 0 Å². The minimum Gasteiger partial charge on any atom is -0.273 e. The summed E-state index contributed by atoms with van der Waals surface area (Å²) in [6.07, 6.45) is 0. The number of rotatable bonds is 1. The van der Waals surface area contributed by atoms with Crippen LogP contribution >= 0.6 is 23.2 Å². The van der Waals surface area contributed by atoms with Gasteiger partial charge in [0.05, 0.1) is 10.6 Å². The Hall–Kier alpha value is -1.26. The molecular weight excluding hydrogens is 227 g/mol. The highest BCUT2D eigenvalue weighted by Crippen LogP contribution is 2.20. The molecule has 73 valence electrons. The number of halogens is 2. The van der Waals surface area contributed by atoms with Gasteiger partial charge in [-0.1, -0.05) is 23.2 Å². The normalized spacial score (nSPS) is 9.57. The summed E-state index contributed by atoms with van der Waals surface area (Å²) in [7, 11) is 0. The molecule has 0 heterocycles. The molecule has 0 saturated carbocycles. The fraction of sp³-hybridized carbons (Fsp3) is 0. The molecule has 6 heteroatoms. The quantitative estimate of drug-likeness (QED) is 0.805. The van der Waals surface area contributed by atoms with Crippen LogP contribution < -0.4 is 11.1 Å². The first kappa shape index (κ1) is 10.8. The maximum absolute atomic E-state index is 11.2. The Balaban J connectivity index is 2.96. The molecule has 1 aromatic carbocycles. The third-order valence-corrected chi connectivity index (χ3v) is 1.95. The molecular formula is C8H5Cl2N2O2. The van der Waals surface area contributed by atoms with E-state index in [2.05, 4.69) is 0 Å². The van der Waals surface area contributed by atoms with Gasteiger partial charge in [-0.2, -0.15) is 0 Å². The average Bonchev–Trinajstić information content (AvgIpc) is 2.01. The zero-order valence-corrected chi connectivity index (χ0v) is 8.32. The lowest BCUT2D eigenvalue weighted by atomic mass is 10.2. The summed E-state index contributed by atoms with van der Waals surface area (Å²) >= 11 is 11.3. The van der Waals surface area contributed by atoms with Crippen LogP contribution in [0.25, 0.3) is 0 Å². The monoisotopic (exact) mass is 231 g/mol. The third-order valence-electron chi connectivity index (χ3n) is 1.40. The maximum atomic E-state index is 11.2. The first-order valence-corrected chi connectivity index (χ1v) is 4.28. The van der Waals surface area contributed by atoms with Crippen molar-refractivity contribution in [3.05, 3.63) is 33.8 Å². The number of urea groups is 1. The zero-order chi connectivity index (χ0) is 10.7. The summed E-state index contributed by atoms with van der Waals surface area (Å²) in [4.78, 5) is 21.5. The van der Waals surface area contributed by atoms with E-state index in [0.717, 1.165) is 0 Å². The number of amides is 3. The van der Waals surface area contributed by atoms with E-state index in [1.54, 1.807) is 5.32 Å². The fourth-order valence-corrected chi connectivity index (χ4v) is 1.34. The number of carbonyl (C=O) groups excluding carboxylic acids is 2. The molecule has 0 fully saturated rings. The highest BCUT2D eigenvalue weighted by molar-refractivity contribution is 6.37. The molecule has 1 radical (unpaired) electrons. The third kappa shape index (κ3) is 2.61. The van der Waals surface area contributed by atoms with E-state index in [4.69, 9.17) is 28.9 Å². The Labute approximate surface area is 90.0 Å². The van der Waals surface area contributed by atoms with Gasteiger partial charge in [-0.25, -0.2) is 10.5 Å². The van der Waals surface area contributed by atoms with Crippen molar-refractivity contribution in [2.24, 2.45) is 0 Å². The molecule has 0 aromatic heterocycles. The van der Waals surface area contributed by atoms with E-state index < -0.39 is 11.9 Å². The molecule has 14 heavy (non-hydrogen) atoms. The minimum atomic E-state index is -1.18. The van der Waals surface area contributed by atoms with Crippen molar-refractivity contribution in [2.45, 2.75) is 0 Å². The number of imide groups is 1. The van der Waals surface area contributed by atoms with E-state index >= 15 is 0 Å². The highest BCUT2D eigenvalue weighted by atomic mass is 35.5. The van der Waals surface area contributed by atoms with Crippen molar-refractivity contribution in [3.8, 4) is 0 Å². The summed E-state index contributed by atoms with van der Waals surface area (Å²) in [6.45, 7) is 0. The largest absolute Gasteiger partial charge is 0.340 e. The molecule has 0 unspecified atom stereocenters. The zero-order valence-electron chi connectivity index (χ0n) is 6.80. The minimum absolute atomic E-state index is 0.108. The summed E-state index contributed by atoms with van der Waals surface area (Å²) in [5.74, 6) is -0.716. The standard InChI is InChI=1S/C8H5Cl2N2O2/c9-4-1-2-5(6(10)3-4)7(13)12-8(11)14/h1-3,11H,(H,12,13,14). The maximum Gasteiger partial charge on any atom is 0.340 e. The average molecular weight is 232 g/mol. The smallest absolute Gasteiger partial charge is 0.273 e. The van der Waals surface area contributed by atoms with Crippen LogP contribution in [0.5, 0.6) is 0 Å². The van der Waals surface area contributed by atoms with Gasteiger partial charge in [0, 0.05) is 5.02 Å². The van der Waals surface area contributed by atoms with Crippen LogP contribution in [0.2, 0.25) is 10.0 Å². The topological polar surface area (TPSA) is 70.0 Å². The molecule has 0 bridgehead atoms. The van der Waals surface area contributed by atoms with Crippen LogP contribution in [0.4, 0.5) is 4.79 Å². The van der Waals surface area contributed by atoms with Gasteiger partial charge in [-0.15, -0.1) is 0 Å². The number of benzene rings is 1. The van der Waals surface area contributed by atoms with Crippen LogP contribution in [-0.2, 0) is 0 Å². The molecule has 0 saturated heterocycles. The number of nitrogens with one attached hydrogen (secondary N) is 2. The van der Waals surface area contributed by atoms with Gasteiger partial charge in [-0.05, 0) is 18.2 Å². The summed E-state index contributed by atoms with van der Waals surface area (Å²) in [6, 6.07) is 3.05. The molecule has 1 rings (SSSR count). The second-order valence-electron chi connectivity index (χ2n) is 2.41. The van der Waals surface area contributed by atoms with Crippen LogP contribution in [0.1, 0.15) is 10.4 Å². The number of hydrogen-bond acceptors (Lipinski definition) is 2. The number of hydrogen-bond donors (Lipinski definition) is 1. The van der Waals surface area contributed by atoms with Crippen molar-refractivity contribution >= 4 is 35.1 Å². The lowest BCUT2D eigenvalue weighted by molar-refractivity contribution is 0.0966. The molecule has 0 aliphatic carbocycles. The fourth-order valence-electron chi connectivity index (χ4n) is 0.844. The van der Waals surface area contributed by atoms with Crippen molar-refractivity contribution in [3.63, 3.8) is 0 Å². The van der Waals surface area contributed by atoms with Crippen LogP contribution in [-0.4, -0.2) is 11.9 Å². The van der Waals surface area contributed by atoms with Crippen LogP contribution in [0, 0.1) is 0 Å². The lowest BCUT2D eigenvalue weighted by Gasteiger charge is -2.02. The van der Waals surface area contributed by atoms with Gasteiger partial charge in [0.1, 0.15) is 0 Å². The van der Waals surface area contributed by atoms with Gasteiger partial charge in [0.25, 0.3) is 5.91 Å². The van der Waals surface area contributed by atoms with Crippen molar-refractivity contribution in [1.82, 2.24) is 11.1 Å². The summed E-state index contributed by atoms with van der Waals surface area (Å²) in [5, 5.41) is 2.31. The van der Waals surface area contributed by atoms with Crippen LogP contribution in [0.3, 0.4) is 0 Å². The van der Waals surface area contributed by atoms with E-state index in [1.807, 2.05) is 0 Å². The Bertz CT molecular complexity index is 393. The van der Waals surface area contributed by atoms with E-state index in [0.29, 0.717) is 5.02 Å². The Morgan fingerprint density at radius 3 is 2.43 bits per heavy atom. The van der Waals surface area contributed by atoms with Gasteiger partial charge in [0.2, 0.25) is 0 Å². The van der Waals surface area contributed by atoms with Gasteiger partial charge < -0.3 is 0 Å². The highest BCUT2D eigenvalue weighted by Gasteiger charge is 2.11. The Kier molecular flexibility index (Phi) is 3.33. The molecule has 2 N–H and O–H groups in total. The van der Waals surface area contributed by atoms with Crippen molar-refractivity contribution in [1.29, 1.82) is 0 Å². The molecule has 0 spiro atoms. The first-order chi connectivity index (χ1) is 6.50. The first-order valence-electron chi connectivity index (χ1n) is 3.52. The van der Waals surface area contributed by atoms with E-state index in [9.17, 15) is 9.59 Å². The molecule has 4 nitrogen and oxygen atoms in total. The lowest BCUT2D eigenvalue weighted by Crippen LogP contribution is -2.29.